The maximum absolute atomic E-state index is 4.34. The number of hydrogen-bond donors (Lipinski definition) is 0. The van der Waals surface area contributed by atoms with Crippen LogP contribution in [0.25, 0.3) is 0 Å². The first kappa shape index (κ1) is 29.2. The van der Waals surface area contributed by atoms with Crippen LogP contribution in [0, 0.1) is 0 Å². The van der Waals surface area contributed by atoms with Crippen LogP contribution in [-0.2, 0) is 0 Å². The Hall–Kier alpha value is -0.901. The molecule has 2 aromatic rings. The van der Waals surface area contributed by atoms with Crippen molar-refractivity contribution in [2.45, 2.75) is 57.4 Å². The van der Waals surface area contributed by atoms with Gasteiger partial charge in [-0.25, -0.2) is 0 Å². The molecule has 2 aromatic heterocycles. The van der Waals surface area contributed by atoms with E-state index in [1.165, 1.54) is 3.71 Å². The Balaban J connectivity index is -0.000000118. The molecule has 0 radical (unpaired) electrons. The molecule has 22 heavy (non-hydrogen) atoms. The van der Waals surface area contributed by atoms with E-state index in [0.29, 0.717) is 0 Å². The van der Waals surface area contributed by atoms with Crippen molar-refractivity contribution in [1.29, 1.82) is 0 Å². The van der Waals surface area contributed by atoms with E-state index in [2.05, 4.69) is 36.9 Å². The molecular formula is C19H38N2Sn. The molecule has 0 bridgehead atoms. The summed E-state index contributed by atoms with van der Waals surface area (Å²) in [6.07, 6.45) is 5.39. The van der Waals surface area contributed by atoms with Crippen molar-refractivity contribution in [3.63, 3.8) is 0 Å². The largest absolute Gasteiger partial charge is 0.265 e. The number of rotatable bonds is 1. The van der Waals surface area contributed by atoms with Crippen molar-refractivity contribution in [2.24, 2.45) is 0 Å². The Morgan fingerprint density at radius 1 is 0.682 bits per heavy atom. The summed E-state index contributed by atoms with van der Waals surface area (Å²) in [5.41, 5.74) is 0. The van der Waals surface area contributed by atoms with Gasteiger partial charge in [-0.2, -0.15) is 0 Å². The van der Waals surface area contributed by atoms with E-state index in [1.54, 1.807) is 12.4 Å². The van der Waals surface area contributed by atoms with Gasteiger partial charge in [0.05, 0.1) is 0 Å². The van der Waals surface area contributed by atoms with Gasteiger partial charge >= 0.3 is 66.3 Å². The van der Waals surface area contributed by atoms with E-state index in [-0.39, 0.29) is 14.9 Å². The van der Waals surface area contributed by atoms with Gasteiger partial charge in [-0.05, 0) is 12.1 Å². The summed E-state index contributed by atoms with van der Waals surface area (Å²) in [7, 11) is 0. The van der Waals surface area contributed by atoms with E-state index in [4.69, 9.17) is 0 Å². The third-order valence-electron chi connectivity index (χ3n) is 2.00. The molecule has 0 spiro atoms. The predicted octanol–water partition coefficient (Wildman–Crippen LogP) is 6.03. The van der Waals surface area contributed by atoms with Crippen LogP contribution in [0.5, 0.6) is 0 Å². The summed E-state index contributed by atoms with van der Waals surface area (Å²) in [4.78, 5) is 15.2. The molecule has 0 saturated carbocycles. The van der Waals surface area contributed by atoms with Crippen LogP contribution in [0.4, 0.5) is 0 Å². The molecule has 0 aliphatic heterocycles. The van der Waals surface area contributed by atoms with Crippen molar-refractivity contribution in [3.8, 4) is 0 Å². The minimum atomic E-state index is -1.82. The van der Waals surface area contributed by atoms with Gasteiger partial charge in [-0.3, -0.25) is 4.98 Å². The molecule has 2 nitrogen and oxygen atoms in total. The van der Waals surface area contributed by atoms with Crippen molar-refractivity contribution < 1.29 is 0 Å². The fourth-order valence-electron chi connectivity index (χ4n) is 1.12. The second-order valence-corrected chi connectivity index (χ2v) is 18.8. The molecule has 0 aromatic carbocycles. The van der Waals surface area contributed by atoms with Gasteiger partial charge in [-0.15, -0.1) is 0 Å². The van der Waals surface area contributed by atoms with Gasteiger partial charge in [-0.1, -0.05) is 48.6 Å². The third kappa shape index (κ3) is 17.2. The molecule has 0 N–H and O–H groups in total. The standard InChI is InChI=1S/C5H5N.C5H4N.2C2H6.2CH4.3CH3.Sn/c2*1-2-4-6-5-3-1;2*1-2;;;;;;/h1-5H;1-4H;2*1-2H3;2*1H4;3*1H3;. The monoisotopic (exact) mass is 414 g/mol. The number of nitrogens with zero attached hydrogens (tertiary/aromatic N) is 2. The van der Waals surface area contributed by atoms with Gasteiger partial charge in [0.15, 0.2) is 0 Å². The van der Waals surface area contributed by atoms with Crippen LogP contribution in [0.2, 0.25) is 14.8 Å². The average molecular weight is 413 g/mol. The number of pyridine rings is 2. The smallest absolute Gasteiger partial charge is 0.0267 e. The van der Waals surface area contributed by atoms with E-state index in [1.807, 2.05) is 58.2 Å². The van der Waals surface area contributed by atoms with Crippen LogP contribution in [0.3, 0.4) is 0 Å². The first-order chi connectivity index (χ1) is 9.61. The quantitative estimate of drug-likeness (QED) is 0.534. The molecule has 0 amide bonds. The van der Waals surface area contributed by atoms with Crippen molar-refractivity contribution in [3.05, 3.63) is 55.0 Å². The van der Waals surface area contributed by atoms with Crippen molar-refractivity contribution in [2.75, 3.05) is 0 Å². The first-order valence-corrected chi connectivity index (χ1v) is 17.4. The van der Waals surface area contributed by atoms with Gasteiger partial charge in [0.25, 0.3) is 0 Å². The Morgan fingerprint density at radius 3 is 1.32 bits per heavy atom. The fraction of sp³-hybridized carbons (Fsp3) is 0.474. The topological polar surface area (TPSA) is 25.8 Å². The average Bonchev–Trinajstić information content (AvgIpc) is 2.54. The summed E-state index contributed by atoms with van der Waals surface area (Å²) < 4.78 is 1.36. The van der Waals surface area contributed by atoms with Crippen LogP contribution >= 0.6 is 0 Å². The van der Waals surface area contributed by atoms with E-state index in [9.17, 15) is 0 Å². The van der Waals surface area contributed by atoms with Crippen LogP contribution in [-0.4, -0.2) is 28.3 Å². The normalized spacial score (nSPS) is 7.95. The minimum Gasteiger partial charge on any atom is -0.265 e. The zero-order valence-corrected chi connectivity index (χ0v) is 16.9. The summed E-state index contributed by atoms with van der Waals surface area (Å²) in [5, 5.41) is 0. The second-order valence-electron chi connectivity index (χ2n) is 4.49. The molecule has 0 aliphatic carbocycles. The van der Waals surface area contributed by atoms with Crippen molar-refractivity contribution in [1.82, 2.24) is 9.97 Å². The van der Waals surface area contributed by atoms with E-state index >= 15 is 0 Å². The molecule has 0 saturated heterocycles. The van der Waals surface area contributed by atoms with Gasteiger partial charge in [0.2, 0.25) is 0 Å². The van der Waals surface area contributed by atoms with E-state index < -0.39 is 18.4 Å². The summed E-state index contributed by atoms with van der Waals surface area (Å²) in [6, 6.07) is 11.9. The minimum absolute atomic E-state index is 0. The molecular weight excluding hydrogens is 375 g/mol. The second kappa shape index (κ2) is 20.1. The number of aromatic nitrogens is 2. The van der Waals surface area contributed by atoms with Crippen molar-refractivity contribution >= 4 is 22.1 Å². The SMILES string of the molecule is C.C.CC.CC.[CH3][Sn]([CH3])([CH3])[c]1ccccn1.c1ccncc1. The maximum atomic E-state index is 4.34. The molecule has 0 aliphatic rings. The van der Waals surface area contributed by atoms with Gasteiger partial charge in [0, 0.05) is 12.4 Å². The Kier molecular flexibility index (Phi) is 26.6. The van der Waals surface area contributed by atoms with Crippen LogP contribution in [0.1, 0.15) is 42.5 Å². The molecule has 128 valence electrons. The molecule has 3 heteroatoms. The molecule has 0 unspecified atom stereocenters. The summed E-state index contributed by atoms with van der Waals surface area (Å²) in [5.74, 6) is 0. The molecule has 0 fully saturated rings. The molecule has 0 atom stereocenters. The Morgan fingerprint density at radius 2 is 1.14 bits per heavy atom. The fourth-order valence-corrected chi connectivity index (χ4v) is 4.14. The summed E-state index contributed by atoms with van der Waals surface area (Å²) in [6.45, 7) is 8.00. The van der Waals surface area contributed by atoms with Crippen LogP contribution < -0.4 is 3.71 Å². The Labute approximate surface area is 144 Å². The molecule has 2 rings (SSSR count). The first-order valence-electron chi connectivity index (χ1n) is 7.37. The number of hydrogen-bond acceptors (Lipinski definition) is 2. The van der Waals surface area contributed by atoms with E-state index in [0.717, 1.165) is 0 Å². The van der Waals surface area contributed by atoms with Crippen LogP contribution in [0.15, 0.2) is 55.0 Å². The zero-order chi connectivity index (χ0) is 15.9. The van der Waals surface area contributed by atoms with Gasteiger partial charge in [0.1, 0.15) is 0 Å². The molecule has 2 heterocycles. The maximum Gasteiger partial charge on any atom is 0.0267 e. The van der Waals surface area contributed by atoms with Gasteiger partial charge < -0.3 is 0 Å². The predicted molar refractivity (Wildman–Crippen MR) is 108 cm³/mol. The summed E-state index contributed by atoms with van der Waals surface area (Å²) >= 11 is -1.82. The zero-order valence-electron chi connectivity index (χ0n) is 14.1. The third-order valence-corrected chi connectivity index (χ3v) is 7.23. The Bertz CT molecular complexity index is 356.